The van der Waals surface area contributed by atoms with Gasteiger partial charge in [-0.2, -0.15) is 0 Å². The van der Waals surface area contributed by atoms with E-state index in [1.807, 2.05) is 0 Å². The van der Waals surface area contributed by atoms with Gasteiger partial charge in [-0.3, -0.25) is 4.90 Å². The summed E-state index contributed by atoms with van der Waals surface area (Å²) in [7, 11) is 4.50. The Labute approximate surface area is 101 Å². The third-order valence-electron chi connectivity index (χ3n) is 3.66. The van der Waals surface area contributed by atoms with Crippen molar-refractivity contribution in [2.75, 3.05) is 33.7 Å². The molecule has 0 N–H and O–H groups in total. The van der Waals surface area contributed by atoms with Crippen LogP contribution in [0.15, 0.2) is 11.6 Å². The molecule has 1 aliphatic rings. The summed E-state index contributed by atoms with van der Waals surface area (Å²) in [6, 6.07) is 0.793. The molecule has 0 aliphatic carbocycles. The predicted molar refractivity (Wildman–Crippen MR) is 71.8 cm³/mol. The molecular weight excluding hydrogens is 196 g/mol. The molecule has 0 radical (unpaired) electrons. The van der Waals surface area contributed by atoms with E-state index < -0.39 is 0 Å². The summed E-state index contributed by atoms with van der Waals surface area (Å²) in [4.78, 5) is 4.96. The Balaban J connectivity index is 2.18. The molecule has 0 aromatic carbocycles. The predicted octanol–water partition coefficient (Wildman–Crippen LogP) is 2.76. The van der Waals surface area contributed by atoms with Crippen molar-refractivity contribution in [1.29, 1.82) is 0 Å². The molecule has 0 aromatic heterocycles. The van der Waals surface area contributed by atoms with E-state index in [2.05, 4.69) is 43.8 Å². The minimum atomic E-state index is 0.793. The molecule has 0 aromatic rings. The molecule has 1 unspecified atom stereocenters. The van der Waals surface area contributed by atoms with Gasteiger partial charge in [0.05, 0.1) is 0 Å². The molecule has 0 spiro atoms. The zero-order valence-electron chi connectivity index (χ0n) is 11.5. The Morgan fingerprint density at radius 1 is 1.44 bits per heavy atom. The monoisotopic (exact) mass is 224 g/mol. The molecular formula is C14H28N2. The maximum atomic E-state index is 2.51. The van der Waals surface area contributed by atoms with Gasteiger partial charge in [0.2, 0.25) is 0 Å². The maximum Gasteiger partial charge on any atom is 0.0193 e. The second kappa shape index (κ2) is 7.08. The van der Waals surface area contributed by atoms with Crippen LogP contribution < -0.4 is 0 Å². The molecule has 1 saturated heterocycles. The van der Waals surface area contributed by atoms with Crippen LogP contribution in [0, 0.1) is 0 Å². The average molecular weight is 224 g/mol. The highest BCUT2D eigenvalue weighted by Crippen LogP contribution is 2.23. The highest BCUT2D eigenvalue weighted by molar-refractivity contribution is 5.11. The first kappa shape index (κ1) is 13.7. The third-order valence-corrected chi connectivity index (χ3v) is 3.66. The quantitative estimate of drug-likeness (QED) is 0.640. The van der Waals surface area contributed by atoms with E-state index in [0.29, 0.717) is 0 Å². The van der Waals surface area contributed by atoms with Crippen molar-refractivity contribution in [3.05, 3.63) is 11.6 Å². The second-order valence-electron chi connectivity index (χ2n) is 5.17. The molecule has 0 bridgehead atoms. The molecule has 1 aliphatic heterocycles. The van der Waals surface area contributed by atoms with Crippen molar-refractivity contribution >= 4 is 0 Å². The minimum Gasteiger partial charge on any atom is -0.306 e. The van der Waals surface area contributed by atoms with E-state index in [1.54, 1.807) is 5.57 Å². The summed E-state index contributed by atoms with van der Waals surface area (Å²) >= 11 is 0. The highest BCUT2D eigenvalue weighted by atomic mass is 15.1. The molecule has 0 amide bonds. The SMILES string of the molecule is C/C=C1\CC(CCCN(C)CCC)N(C)C1. The van der Waals surface area contributed by atoms with Crippen LogP contribution in [-0.2, 0) is 0 Å². The first-order chi connectivity index (χ1) is 7.67. The number of rotatable bonds is 6. The summed E-state index contributed by atoms with van der Waals surface area (Å²) in [6.45, 7) is 8.09. The number of likely N-dealkylation sites (N-methyl/N-ethyl adjacent to an activating group) is 1. The van der Waals surface area contributed by atoms with Crippen molar-refractivity contribution < 1.29 is 0 Å². The molecule has 0 saturated carbocycles. The lowest BCUT2D eigenvalue weighted by molar-refractivity contribution is 0.267. The zero-order valence-corrected chi connectivity index (χ0v) is 11.5. The van der Waals surface area contributed by atoms with Crippen LogP contribution >= 0.6 is 0 Å². The van der Waals surface area contributed by atoms with Gasteiger partial charge in [-0.05, 0) is 59.8 Å². The van der Waals surface area contributed by atoms with Crippen molar-refractivity contribution in [2.24, 2.45) is 0 Å². The lowest BCUT2D eigenvalue weighted by atomic mass is 10.1. The molecule has 2 nitrogen and oxygen atoms in total. The molecule has 1 atom stereocenters. The van der Waals surface area contributed by atoms with Gasteiger partial charge in [0.15, 0.2) is 0 Å². The molecule has 2 heteroatoms. The molecule has 16 heavy (non-hydrogen) atoms. The average Bonchev–Trinajstić information content (AvgIpc) is 2.60. The summed E-state index contributed by atoms with van der Waals surface area (Å²) in [5, 5.41) is 0. The highest BCUT2D eigenvalue weighted by Gasteiger charge is 2.23. The number of hydrogen-bond acceptors (Lipinski definition) is 2. The van der Waals surface area contributed by atoms with E-state index in [1.165, 1.54) is 45.3 Å². The number of likely N-dealkylation sites (tertiary alicyclic amines) is 1. The fraction of sp³-hybridized carbons (Fsp3) is 0.857. The Kier molecular flexibility index (Phi) is 6.07. The van der Waals surface area contributed by atoms with Gasteiger partial charge in [0, 0.05) is 12.6 Å². The van der Waals surface area contributed by atoms with Crippen LogP contribution in [-0.4, -0.2) is 49.6 Å². The number of hydrogen-bond donors (Lipinski definition) is 0. The second-order valence-corrected chi connectivity index (χ2v) is 5.17. The lowest BCUT2D eigenvalue weighted by Crippen LogP contribution is -2.27. The summed E-state index contributed by atoms with van der Waals surface area (Å²) < 4.78 is 0. The molecule has 94 valence electrons. The maximum absolute atomic E-state index is 2.51. The van der Waals surface area contributed by atoms with Crippen LogP contribution in [0.2, 0.25) is 0 Å². The molecule has 1 heterocycles. The Morgan fingerprint density at radius 3 is 2.75 bits per heavy atom. The van der Waals surface area contributed by atoms with Crippen LogP contribution in [0.5, 0.6) is 0 Å². The van der Waals surface area contributed by atoms with E-state index in [4.69, 9.17) is 0 Å². The Bertz CT molecular complexity index is 223. The zero-order chi connectivity index (χ0) is 12.0. The third kappa shape index (κ3) is 4.26. The topological polar surface area (TPSA) is 6.48 Å². The van der Waals surface area contributed by atoms with E-state index in [-0.39, 0.29) is 0 Å². The molecule has 1 rings (SSSR count). The largest absolute Gasteiger partial charge is 0.306 e. The molecule has 1 fully saturated rings. The van der Waals surface area contributed by atoms with Gasteiger partial charge in [0.1, 0.15) is 0 Å². The first-order valence-corrected chi connectivity index (χ1v) is 6.70. The Hall–Kier alpha value is -0.340. The fourth-order valence-electron chi connectivity index (χ4n) is 2.59. The Morgan fingerprint density at radius 2 is 2.19 bits per heavy atom. The standard InChI is InChI=1S/C14H28N2/c1-5-9-15(3)10-7-8-14-11-13(6-2)12-16(14)4/h6,14H,5,7-12H2,1-4H3/b13-6+. The van der Waals surface area contributed by atoms with Gasteiger partial charge < -0.3 is 4.90 Å². The lowest BCUT2D eigenvalue weighted by Gasteiger charge is -2.21. The minimum absolute atomic E-state index is 0.793. The van der Waals surface area contributed by atoms with Crippen molar-refractivity contribution in [2.45, 2.75) is 45.6 Å². The van der Waals surface area contributed by atoms with Crippen molar-refractivity contribution in [1.82, 2.24) is 9.80 Å². The van der Waals surface area contributed by atoms with Gasteiger partial charge >= 0.3 is 0 Å². The van der Waals surface area contributed by atoms with Gasteiger partial charge in [-0.15, -0.1) is 0 Å². The summed E-state index contributed by atoms with van der Waals surface area (Å²) in [6.07, 6.45) is 7.54. The van der Waals surface area contributed by atoms with Gasteiger partial charge in [-0.25, -0.2) is 0 Å². The number of allylic oxidation sites excluding steroid dienone is 1. The van der Waals surface area contributed by atoms with Crippen molar-refractivity contribution in [3.8, 4) is 0 Å². The summed E-state index contributed by atoms with van der Waals surface area (Å²) in [5.74, 6) is 0. The van der Waals surface area contributed by atoms with Crippen LogP contribution in [0.4, 0.5) is 0 Å². The number of nitrogens with zero attached hydrogens (tertiary/aromatic N) is 2. The van der Waals surface area contributed by atoms with Crippen LogP contribution in [0.1, 0.15) is 39.5 Å². The van der Waals surface area contributed by atoms with Crippen LogP contribution in [0.25, 0.3) is 0 Å². The van der Waals surface area contributed by atoms with Gasteiger partial charge in [-0.1, -0.05) is 18.6 Å². The van der Waals surface area contributed by atoms with E-state index in [0.717, 1.165) is 6.04 Å². The van der Waals surface area contributed by atoms with Crippen LogP contribution in [0.3, 0.4) is 0 Å². The normalized spacial score (nSPS) is 24.8. The first-order valence-electron chi connectivity index (χ1n) is 6.70. The van der Waals surface area contributed by atoms with Gasteiger partial charge in [0.25, 0.3) is 0 Å². The fourth-order valence-corrected chi connectivity index (χ4v) is 2.59. The smallest absolute Gasteiger partial charge is 0.0193 e. The van der Waals surface area contributed by atoms with E-state index in [9.17, 15) is 0 Å². The van der Waals surface area contributed by atoms with E-state index >= 15 is 0 Å². The summed E-state index contributed by atoms with van der Waals surface area (Å²) in [5.41, 5.74) is 1.62. The van der Waals surface area contributed by atoms with Crippen molar-refractivity contribution in [3.63, 3.8) is 0 Å².